The Morgan fingerprint density at radius 1 is 1.52 bits per heavy atom. The van der Waals surface area contributed by atoms with Gasteiger partial charge in [0, 0.05) is 18.8 Å². The number of carbonyl (C=O) groups is 1. The highest BCUT2D eigenvalue weighted by Crippen LogP contribution is 2.23. The molecule has 1 aromatic heterocycles. The molecule has 3 rings (SSSR count). The summed E-state index contributed by atoms with van der Waals surface area (Å²) in [6.07, 6.45) is -2.46. The van der Waals surface area contributed by atoms with E-state index in [0.717, 1.165) is 6.42 Å². The molecule has 8 heteroatoms. The Morgan fingerprint density at radius 2 is 2.30 bits per heavy atom. The standard InChI is InChI=1S/C15H18F2N4O2/c1-8-4-5-21(7-12(8)22)15(23)18-9-2-3-10-11(6-9)20-14(19-10)13(16)17/h2-3,6,8,12-13,22H,4-5,7H2,1H3,(H,18,23)(H,19,20). The van der Waals surface area contributed by atoms with E-state index in [1.807, 2.05) is 6.92 Å². The Morgan fingerprint density at radius 3 is 3.00 bits per heavy atom. The van der Waals surface area contributed by atoms with Gasteiger partial charge in [0.2, 0.25) is 0 Å². The fourth-order valence-corrected chi connectivity index (χ4v) is 2.65. The average molecular weight is 324 g/mol. The quantitative estimate of drug-likeness (QED) is 0.794. The van der Waals surface area contributed by atoms with Crippen LogP contribution in [0.4, 0.5) is 19.3 Å². The molecule has 1 fully saturated rings. The first-order valence-corrected chi connectivity index (χ1v) is 7.46. The number of imidazole rings is 1. The van der Waals surface area contributed by atoms with E-state index in [4.69, 9.17) is 0 Å². The first-order chi connectivity index (χ1) is 10.9. The summed E-state index contributed by atoms with van der Waals surface area (Å²) in [7, 11) is 0. The Labute approximate surface area is 131 Å². The number of H-pyrrole nitrogens is 1. The monoisotopic (exact) mass is 324 g/mol. The maximum absolute atomic E-state index is 12.6. The van der Waals surface area contributed by atoms with Crippen LogP contribution in [-0.4, -0.2) is 45.2 Å². The van der Waals surface area contributed by atoms with Crippen LogP contribution in [-0.2, 0) is 0 Å². The number of rotatable bonds is 2. The van der Waals surface area contributed by atoms with Crippen LogP contribution in [0.1, 0.15) is 25.6 Å². The topological polar surface area (TPSA) is 81.2 Å². The number of alkyl halides is 2. The number of piperidine rings is 1. The van der Waals surface area contributed by atoms with Crippen molar-refractivity contribution < 1.29 is 18.7 Å². The van der Waals surface area contributed by atoms with Crippen molar-refractivity contribution >= 4 is 22.8 Å². The minimum atomic E-state index is -2.67. The molecule has 1 aliphatic rings. The lowest BCUT2D eigenvalue weighted by Gasteiger charge is -2.34. The van der Waals surface area contributed by atoms with E-state index in [1.54, 1.807) is 23.1 Å². The van der Waals surface area contributed by atoms with E-state index < -0.39 is 18.4 Å². The summed E-state index contributed by atoms with van der Waals surface area (Å²) in [5.41, 5.74) is 1.34. The molecule has 1 aliphatic heterocycles. The van der Waals surface area contributed by atoms with Gasteiger partial charge in [-0.15, -0.1) is 0 Å². The number of urea groups is 1. The van der Waals surface area contributed by atoms with Gasteiger partial charge < -0.3 is 20.3 Å². The molecule has 1 aromatic carbocycles. The van der Waals surface area contributed by atoms with E-state index in [9.17, 15) is 18.7 Å². The molecular weight excluding hydrogens is 306 g/mol. The number of carbonyl (C=O) groups excluding carboxylic acids is 1. The molecule has 1 saturated heterocycles. The minimum absolute atomic E-state index is 0.174. The molecule has 2 heterocycles. The molecule has 2 aromatic rings. The summed E-state index contributed by atoms with van der Waals surface area (Å²) in [5.74, 6) is -0.218. The summed E-state index contributed by atoms with van der Waals surface area (Å²) in [4.78, 5) is 20.1. The Kier molecular flexibility index (Phi) is 4.16. The lowest BCUT2D eigenvalue weighted by molar-refractivity contribution is 0.0464. The molecule has 124 valence electrons. The first kappa shape index (κ1) is 15.7. The zero-order valence-electron chi connectivity index (χ0n) is 12.6. The molecule has 2 amide bonds. The number of aromatic amines is 1. The molecule has 2 atom stereocenters. The summed E-state index contributed by atoms with van der Waals surface area (Å²) < 4.78 is 25.3. The van der Waals surface area contributed by atoms with Gasteiger partial charge in [-0.1, -0.05) is 6.92 Å². The van der Waals surface area contributed by atoms with Crippen molar-refractivity contribution in [1.82, 2.24) is 14.9 Å². The number of aliphatic hydroxyl groups is 1. The van der Waals surface area contributed by atoms with E-state index in [2.05, 4.69) is 15.3 Å². The van der Waals surface area contributed by atoms with Crippen LogP contribution < -0.4 is 5.32 Å². The smallest absolute Gasteiger partial charge is 0.321 e. The van der Waals surface area contributed by atoms with Crippen LogP contribution in [0.25, 0.3) is 11.0 Å². The van der Waals surface area contributed by atoms with Crippen molar-refractivity contribution in [2.24, 2.45) is 5.92 Å². The second-order valence-corrected chi connectivity index (χ2v) is 5.86. The maximum atomic E-state index is 12.6. The zero-order valence-corrected chi connectivity index (χ0v) is 12.6. The van der Waals surface area contributed by atoms with Crippen molar-refractivity contribution in [2.45, 2.75) is 25.9 Å². The number of aliphatic hydroxyl groups excluding tert-OH is 1. The number of halogens is 2. The molecule has 0 bridgehead atoms. The normalized spacial score (nSPS) is 21.9. The van der Waals surface area contributed by atoms with E-state index in [-0.39, 0.29) is 18.5 Å². The van der Waals surface area contributed by atoms with Gasteiger partial charge in [-0.3, -0.25) is 0 Å². The second kappa shape index (κ2) is 6.11. The number of β-amino-alcohol motifs (C(OH)–C–C–N with tert-alkyl or cyclic N) is 1. The highest BCUT2D eigenvalue weighted by atomic mass is 19.3. The fraction of sp³-hybridized carbons (Fsp3) is 0.467. The molecule has 0 radical (unpaired) electrons. The van der Waals surface area contributed by atoms with Crippen LogP contribution in [0.5, 0.6) is 0 Å². The maximum Gasteiger partial charge on any atom is 0.321 e. The number of hydrogen-bond donors (Lipinski definition) is 3. The van der Waals surface area contributed by atoms with Crippen LogP contribution in [0.15, 0.2) is 18.2 Å². The zero-order chi connectivity index (χ0) is 16.6. The van der Waals surface area contributed by atoms with Gasteiger partial charge >= 0.3 is 6.03 Å². The van der Waals surface area contributed by atoms with Crippen molar-refractivity contribution in [2.75, 3.05) is 18.4 Å². The molecule has 0 spiro atoms. The van der Waals surface area contributed by atoms with Gasteiger partial charge in [0.1, 0.15) is 0 Å². The first-order valence-electron chi connectivity index (χ1n) is 7.46. The molecule has 23 heavy (non-hydrogen) atoms. The SMILES string of the molecule is CC1CCN(C(=O)Nc2ccc3nc(C(F)F)[nH]c3c2)CC1O. The van der Waals surface area contributed by atoms with Crippen LogP contribution in [0, 0.1) is 5.92 Å². The molecule has 2 unspecified atom stereocenters. The van der Waals surface area contributed by atoms with Gasteiger partial charge in [0.15, 0.2) is 5.82 Å². The number of nitrogens with one attached hydrogen (secondary N) is 2. The van der Waals surface area contributed by atoms with Crippen molar-refractivity contribution in [3.8, 4) is 0 Å². The number of amides is 2. The molecule has 6 nitrogen and oxygen atoms in total. The van der Waals surface area contributed by atoms with Crippen molar-refractivity contribution in [3.63, 3.8) is 0 Å². The van der Waals surface area contributed by atoms with E-state index >= 15 is 0 Å². The van der Waals surface area contributed by atoms with Gasteiger partial charge in [0.05, 0.1) is 17.1 Å². The van der Waals surface area contributed by atoms with Crippen LogP contribution >= 0.6 is 0 Å². The van der Waals surface area contributed by atoms with Gasteiger partial charge in [-0.05, 0) is 30.5 Å². The van der Waals surface area contributed by atoms with Gasteiger partial charge in [-0.25, -0.2) is 18.6 Å². The average Bonchev–Trinajstić information content (AvgIpc) is 2.93. The summed E-state index contributed by atoms with van der Waals surface area (Å²) in [5, 5.41) is 12.6. The molecule has 0 saturated carbocycles. The van der Waals surface area contributed by atoms with Gasteiger partial charge in [-0.2, -0.15) is 0 Å². The van der Waals surface area contributed by atoms with Gasteiger partial charge in [0.25, 0.3) is 6.43 Å². The molecule has 3 N–H and O–H groups in total. The predicted octanol–water partition coefficient (Wildman–Crippen LogP) is 2.74. The fourth-order valence-electron chi connectivity index (χ4n) is 2.65. The lowest BCUT2D eigenvalue weighted by Crippen LogP contribution is -2.47. The third-order valence-corrected chi connectivity index (χ3v) is 4.16. The van der Waals surface area contributed by atoms with E-state index in [1.165, 1.54) is 0 Å². The number of fused-ring (bicyclic) bond motifs is 1. The van der Waals surface area contributed by atoms with Crippen molar-refractivity contribution in [3.05, 3.63) is 24.0 Å². The number of aromatic nitrogens is 2. The number of likely N-dealkylation sites (tertiary alicyclic amines) is 1. The number of anilines is 1. The number of nitrogens with zero attached hydrogens (tertiary/aromatic N) is 2. The lowest BCUT2D eigenvalue weighted by atomic mass is 9.96. The Hall–Kier alpha value is -2.22. The summed E-state index contributed by atoms with van der Waals surface area (Å²) >= 11 is 0. The summed E-state index contributed by atoms with van der Waals surface area (Å²) in [6.45, 7) is 2.81. The van der Waals surface area contributed by atoms with E-state index in [0.29, 0.717) is 23.3 Å². The summed E-state index contributed by atoms with van der Waals surface area (Å²) in [6, 6.07) is 4.43. The van der Waals surface area contributed by atoms with Crippen LogP contribution in [0.2, 0.25) is 0 Å². The van der Waals surface area contributed by atoms with Crippen LogP contribution in [0.3, 0.4) is 0 Å². The van der Waals surface area contributed by atoms with Crippen molar-refractivity contribution in [1.29, 1.82) is 0 Å². The largest absolute Gasteiger partial charge is 0.391 e. The molecule has 0 aliphatic carbocycles. The third-order valence-electron chi connectivity index (χ3n) is 4.16. The second-order valence-electron chi connectivity index (χ2n) is 5.86. The third kappa shape index (κ3) is 3.26. The highest BCUT2D eigenvalue weighted by Gasteiger charge is 2.27. The minimum Gasteiger partial charge on any atom is -0.391 e. The predicted molar refractivity (Wildman–Crippen MR) is 81.4 cm³/mol. The molecular formula is C15H18F2N4O2. The Bertz CT molecular complexity index is 719. The highest BCUT2D eigenvalue weighted by molar-refractivity contribution is 5.92. The number of benzene rings is 1. The Balaban J connectivity index is 1.72. The number of hydrogen-bond acceptors (Lipinski definition) is 3.